The van der Waals surface area contributed by atoms with Gasteiger partial charge in [0.15, 0.2) is 16.7 Å². The molecule has 2 aromatic heterocycles. The summed E-state index contributed by atoms with van der Waals surface area (Å²) in [4.78, 5) is 32.2. The molecule has 0 fully saturated rings. The first-order chi connectivity index (χ1) is 16.0. The molecule has 2 heterocycles. The molecule has 0 atom stereocenters. The number of nitrogens with zero attached hydrogens (tertiary/aromatic N) is 2. The summed E-state index contributed by atoms with van der Waals surface area (Å²) in [5, 5.41) is 1.43. The van der Waals surface area contributed by atoms with Crippen molar-refractivity contribution in [3.8, 4) is 11.5 Å². The van der Waals surface area contributed by atoms with Gasteiger partial charge in [0.2, 0.25) is 0 Å². The Balaban J connectivity index is 1.67. The van der Waals surface area contributed by atoms with Crippen molar-refractivity contribution in [3.05, 3.63) is 44.6 Å². The monoisotopic (exact) mass is 488 g/mol. The highest BCUT2D eigenvalue weighted by molar-refractivity contribution is 7.99. The van der Waals surface area contributed by atoms with Gasteiger partial charge in [0.25, 0.3) is 5.56 Å². The first-order valence-corrected chi connectivity index (χ1v) is 12.8. The summed E-state index contributed by atoms with van der Waals surface area (Å²) in [5.74, 6) is 1.57. The fourth-order valence-electron chi connectivity index (χ4n) is 4.13. The van der Waals surface area contributed by atoms with Gasteiger partial charge in [0.05, 0.1) is 33.1 Å². The summed E-state index contributed by atoms with van der Waals surface area (Å²) in [7, 11) is 4.60. The zero-order valence-electron chi connectivity index (χ0n) is 19.1. The van der Waals surface area contributed by atoms with Crippen LogP contribution in [0, 0.1) is 0 Å². The summed E-state index contributed by atoms with van der Waals surface area (Å²) < 4.78 is 17.3. The number of esters is 1. The second-order valence-electron chi connectivity index (χ2n) is 7.86. The van der Waals surface area contributed by atoms with Gasteiger partial charge >= 0.3 is 5.97 Å². The van der Waals surface area contributed by atoms with Crippen LogP contribution in [0.4, 0.5) is 0 Å². The highest BCUT2D eigenvalue weighted by Crippen LogP contribution is 2.35. The SMILES string of the molecule is COC(=O)CCSc1nc2sc3c(c2c(=O)n1CCc1ccc(OC)c(OC)c1)CCCC3. The van der Waals surface area contributed by atoms with Gasteiger partial charge in [0.1, 0.15) is 4.83 Å². The molecule has 33 heavy (non-hydrogen) atoms. The first-order valence-electron chi connectivity index (χ1n) is 11.0. The molecule has 7 nitrogen and oxygen atoms in total. The quantitative estimate of drug-likeness (QED) is 0.253. The number of rotatable bonds is 9. The van der Waals surface area contributed by atoms with Crippen molar-refractivity contribution in [3.63, 3.8) is 0 Å². The third kappa shape index (κ3) is 5.04. The van der Waals surface area contributed by atoms with Crippen molar-refractivity contribution in [1.29, 1.82) is 0 Å². The van der Waals surface area contributed by atoms with E-state index in [1.165, 1.54) is 29.3 Å². The number of thiophene rings is 1. The Bertz CT molecular complexity index is 1220. The number of aromatic nitrogens is 2. The topological polar surface area (TPSA) is 79.7 Å². The number of carbonyl (C=O) groups excluding carboxylic acids is 1. The zero-order chi connectivity index (χ0) is 23.4. The van der Waals surface area contributed by atoms with Gasteiger partial charge in [-0.3, -0.25) is 14.2 Å². The summed E-state index contributed by atoms with van der Waals surface area (Å²) in [6, 6.07) is 5.79. The maximum Gasteiger partial charge on any atom is 0.306 e. The van der Waals surface area contributed by atoms with Gasteiger partial charge in [-0.1, -0.05) is 17.8 Å². The van der Waals surface area contributed by atoms with E-state index in [1.807, 2.05) is 18.2 Å². The van der Waals surface area contributed by atoms with Crippen LogP contribution >= 0.6 is 23.1 Å². The number of fused-ring (bicyclic) bond motifs is 3. The van der Waals surface area contributed by atoms with Crippen LogP contribution in [0.1, 0.15) is 35.3 Å². The molecule has 1 aliphatic carbocycles. The maximum absolute atomic E-state index is 13.7. The molecule has 3 aromatic rings. The van der Waals surface area contributed by atoms with Crippen LogP contribution in [-0.4, -0.2) is 42.6 Å². The molecular weight excluding hydrogens is 460 g/mol. The average Bonchev–Trinajstić information content (AvgIpc) is 3.21. The minimum atomic E-state index is -0.269. The van der Waals surface area contributed by atoms with E-state index in [4.69, 9.17) is 19.2 Å². The average molecular weight is 489 g/mol. The molecular formula is C24H28N2O5S2. The van der Waals surface area contributed by atoms with E-state index in [1.54, 1.807) is 30.1 Å². The predicted molar refractivity (Wildman–Crippen MR) is 131 cm³/mol. The molecule has 0 radical (unpaired) electrons. The number of hydrogen-bond donors (Lipinski definition) is 0. The Morgan fingerprint density at radius 3 is 2.70 bits per heavy atom. The molecule has 0 saturated heterocycles. The van der Waals surface area contributed by atoms with E-state index in [9.17, 15) is 9.59 Å². The highest BCUT2D eigenvalue weighted by Gasteiger charge is 2.22. The standard InChI is InChI=1S/C24H28N2O5S2/c1-29-17-9-8-15(14-18(17)30-2)10-12-26-23(28)21-16-6-4-5-7-19(16)33-22(21)25-24(26)32-13-11-20(27)31-3/h8-9,14H,4-7,10-13H2,1-3H3. The minimum Gasteiger partial charge on any atom is -0.493 e. The molecule has 0 unspecified atom stereocenters. The lowest BCUT2D eigenvalue weighted by molar-refractivity contribution is -0.140. The Morgan fingerprint density at radius 2 is 1.94 bits per heavy atom. The Morgan fingerprint density at radius 1 is 1.15 bits per heavy atom. The van der Waals surface area contributed by atoms with E-state index in [2.05, 4.69) is 0 Å². The zero-order valence-corrected chi connectivity index (χ0v) is 20.8. The second-order valence-corrected chi connectivity index (χ2v) is 10.0. The van der Waals surface area contributed by atoms with E-state index < -0.39 is 0 Å². The normalized spacial score (nSPS) is 13.1. The maximum atomic E-state index is 13.7. The third-order valence-corrected chi connectivity index (χ3v) is 8.04. The summed E-state index contributed by atoms with van der Waals surface area (Å²) in [6.45, 7) is 0.489. The van der Waals surface area contributed by atoms with Crippen LogP contribution in [-0.2, 0) is 35.3 Å². The molecule has 1 aliphatic rings. The van der Waals surface area contributed by atoms with Gasteiger partial charge < -0.3 is 14.2 Å². The van der Waals surface area contributed by atoms with Crippen molar-refractivity contribution in [1.82, 2.24) is 9.55 Å². The minimum absolute atomic E-state index is 0.0143. The van der Waals surface area contributed by atoms with Crippen molar-refractivity contribution in [2.45, 2.75) is 50.2 Å². The summed E-state index contributed by atoms with van der Waals surface area (Å²) in [6.07, 6.45) is 5.15. The summed E-state index contributed by atoms with van der Waals surface area (Å²) in [5.41, 5.74) is 2.24. The van der Waals surface area contributed by atoms with Crippen LogP contribution in [0.25, 0.3) is 10.2 Å². The molecule has 4 rings (SSSR count). The van der Waals surface area contributed by atoms with Crippen molar-refractivity contribution in [2.24, 2.45) is 0 Å². The number of carbonyl (C=O) groups is 1. The van der Waals surface area contributed by atoms with E-state index in [0.717, 1.165) is 41.5 Å². The molecule has 1 aromatic carbocycles. The van der Waals surface area contributed by atoms with Gasteiger partial charge in [-0.25, -0.2) is 4.98 Å². The number of benzene rings is 1. The Labute approximate surface area is 201 Å². The molecule has 0 spiro atoms. The lowest BCUT2D eigenvalue weighted by atomic mass is 9.97. The third-order valence-electron chi connectivity index (χ3n) is 5.88. The molecule has 0 N–H and O–H groups in total. The number of ether oxygens (including phenoxy) is 3. The molecule has 9 heteroatoms. The fourth-order valence-corrected chi connectivity index (χ4v) is 6.38. The first kappa shape index (κ1) is 23.6. The molecule has 0 bridgehead atoms. The van der Waals surface area contributed by atoms with Crippen LogP contribution in [0.2, 0.25) is 0 Å². The molecule has 0 amide bonds. The number of methoxy groups -OCH3 is 3. The van der Waals surface area contributed by atoms with E-state index in [-0.39, 0.29) is 17.9 Å². The van der Waals surface area contributed by atoms with Crippen LogP contribution in [0.5, 0.6) is 11.5 Å². The van der Waals surface area contributed by atoms with Crippen molar-refractivity contribution >= 4 is 39.3 Å². The highest BCUT2D eigenvalue weighted by atomic mass is 32.2. The van der Waals surface area contributed by atoms with Crippen LogP contribution in [0.15, 0.2) is 28.2 Å². The van der Waals surface area contributed by atoms with Crippen molar-refractivity contribution in [2.75, 3.05) is 27.1 Å². The number of aryl methyl sites for hydroxylation is 3. The van der Waals surface area contributed by atoms with E-state index >= 15 is 0 Å². The van der Waals surface area contributed by atoms with Crippen LogP contribution in [0.3, 0.4) is 0 Å². The van der Waals surface area contributed by atoms with Gasteiger partial charge in [-0.15, -0.1) is 11.3 Å². The summed E-state index contributed by atoms with van der Waals surface area (Å²) >= 11 is 3.07. The smallest absolute Gasteiger partial charge is 0.306 e. The number of hydrogen-bond acceptors (Lipinski definition) is 8. The Kier molecular flexibility index (Phi) is 7.60. The second kappa shape index (κ2) is 10.6. The van der Waals surface area contributed by atoms with Crippen molar-refractivity contribution < 1.29 is 19.0 Å². The number of thioether (sulfide) groups is 1. The Hall–Kier alpha value is -2.52. The van der Waals surface area contributed by atoms with E-state index in [0.29, 0.717) is 35.4 Å². The van der Waals surface area contributed by atoms with Gasteiger partial charge in [-0.2, -0.15) is 0 Å². The van der Waals surface area contributed by atoms with Gasteiger partial charge in [-0.05, 0) is 55.4 Å². The molecule has 0 aliphatic heterocycles. The van der Waals surface area contributed by atoms with Gasteiger partial charge in [0, 0.05) is 17.2 Å². The molecule has 0 saturated carbocycles. The van der Waals surface area contributed by atoms with Crippen LogP contribution < -0.4 is 15.0 Å². The lowest BCUT2D eigenvalue weighted by Crippen LogP contribution is -2.25. The predicted octanol–water partition coefficient (Wildman–Crippen LogP) is 4.25. The lowest BCUT2D eigenvalue weighted by Gasteiger charge is -2.14. The largest absolute Gasteiger partial charge is 0.493 e. The fraction of sp³-hybridized carbons (Fsp3) is 0.458. The molecule has 176 valence electrons.